The lowest BCUT2D eigenvalue weighted by atomic mass is 10.2. The van der Waals surface area contributed by atoms with Gasteiger partial charge in [0, 0.05) is 6.07 Å². The molecule has 0 aliphatic heterocycles. The highest BCUT2D eigenvalue weighted by molar-refractivity contribution is 6.31. The Hall–Kier alpha value is -1.29. The van der Waals surface area contributed by atoms with Crippen LogP contribution in [0.25, 0.3) is 0 Å². The lowest BCUT2D eigenvalue weighted by molar-refractivity contribution is 0.0693. The molecule has 0 saturated heterocycles. The number of phenols is 1. The fraction of sp³-hybridized carbons (Fsp3) is 0. The van der Waals surface area contributed by atoms with E-state index in [1.165, 1.54) is 0 Å². The molecule has 1 aromatic carbocycles. The van der Waals surface area contributed by atoms with Crippen LogP contribution in [0.3, 0.4) is 0 Å². The van der Waals surface area contributed by atoms with E-state index in [9.17, 15) is 9.18 Å². The van der Waals surface area contributed by atoms with Crippen LogP contribution >= 0.6 is 11.6 Å². The molecule has 0 atom stereocenters. The predicted octanol–water partition coefficient (Wildman–Crippen LogP) is 1.88. The molecule has 0 aliphatic carbocycles. The molecule has 5 heteroatoms. The van der Waals surface area contributed by atoms with E-state index in [4.69, 9.17) is 21.8 Å². The minimum Gasteiger partial charge on any atom is -0.507 e. The van der Waals surface area contributed by atoms with Crippen molar-refractivity contribution < 1.29 is 19.4 Å². The molecule has 0 amide bonds. The number of carboxylic acids is 1. The van der Waals surface area contributed by atoms with Gasteiger partial charge in [-0.1, -0.05) is 11.6 Å². The standard InChI is InChI=1S/C7H4ClFO3/c8-4-1-3(7(11)12)6(10)2-5(4)9/h1-2,10H,(H,11,12). The highest BCUT2D eigenvalue weighted by atomic mass is 35.5. The Balaban J connectivity index is 3.33. The number of halogens is 2. The maximum Gasteiger partial charge on any atom is 0.339 e. The molecule has 12 heavy (non-hydrogen) atoms. The van der Waals surface area contributed by atoms with Gasteiger partial charge < -0.3 is 10.2 Å². The van der Waals surface area contributed by atoms with Crippen molar-refractivity contribution in [2.45, 2.75) is 0 Å². The largest absolute Gasteiger partial charge is 0.507 e. The van der Waals surface area contributed by atoms with Gasteiger partial charge in [-0.3, -0.25) is 0 Å². The summed E-state index contributed by atoms with van der Waals surface area (Å²) >= 11 is 5.28. The lowest BCUT2D eigenvalue weighted by Gasteiger charge is -2.00. The van der Waals surface area contributed by atoms with E-state index >= 15 is 0 Å². The van der Waals surface area contributed by atoms with Gasteiger partial charge in [-0.25, -0.2) is 9.18 Å². The first-order valence-electron chi connectivity index (χ1n) is 2.93. The summed E-state index contributed by atoms with van der Waals surface area (Å²) in [5.41, 5.74) is -0.415. The SMILES string of the molecule is O=C(O)c1cc(Cl)c(F)cc1O. The van der Waals surface area contributed by atoms with Gasteiger partial charge in [0.05, 0.1) is 5.02 Å². The highest BCUT2D eigenvalue weighted by Gasteiger charge is 2.12. The Kier molecular flexibility index (Phi) is 2.19. The minimum atomic E-state index is -1.35. The number of aromatic carboxylic acids is 1. The number of benzene rings is 1. The predicted molar refractivity (Wildman–Crippen MR) is 40.0 cm³/mol. The number of hydrogen-bond donors (Lipinski definition) is 2. The third-order valence-electron chi connectivity index (χ3n) is 1.27. The smallest absolute Gasteiger partial charge is 0.339 e. The zero-order valence-electron chi connectivity index (χ0n) is 5.71. The molecule has 64 valence electrons. The summed E-state index contributed by atoms with van der Waals surface area (Å²) in [6, 6.07) is 1.51. The Labute approximate surface area is 72.0 Å². The van der Waals surface area contributed by atoms with Crippen molar-refractivity contribution in [2.75, 3.05) is 0 Å². The molecule has 3 nitrogen and oxygen atoms in total. The number of rotatable bonds is 1. The van der Waals surface area contributed by atoms with E-state index in [1.54, 1.807) is 0 Å². The lowest BCUT2D eigenvalue weighted by Crippen LogP contribution is -1.97. The van der Waals surface area contributed by atoms with Crippen LogP contribution in [0, 0.1) is 5.82 Å². The minimum absolute atomic E-state index is 0.329. The third-order valence-corrected chi connectivity index (χ3v) is 1.56. The summed E-state index contributed by atoms with van der Waals surface area (Å²) in [5, 5.41) is 17.0. The number of hydrogen-bond acceptors (Lipinski definition) is 2. The second-order valence-electron chi connectivity index (χ2n) is 2.09. The summed E-state index contributed by atoms with van der Waals surface area (Å²) in [4.78, 5) is 10.3. The average Bonchev–Trinajstić information content (AvgIpc) is 1.96. The van der Waals surface area contributed by atoms with Crippen molar-refractivity contribution in [1.29, 1.82) is 0 Å². The van der Waals surface area contributed by atoms with E-state index < -0.39 is 23.1 Å². The van der Waals surface area contributed by atoms with Gasteiger partial charge in [0.25, 0.3) is 0 Å². The first kappa shape index (κ1) is 8.80. The van der Waals surface area contributed by atoms with Crippen LogP contribution in [0.15, 0.2) is 12.1 Å². The Morgan fingerprint density at radius 2 is 2.08 bits per heavy atom. The van der Waals surface area contributed by atoms with Crippen molar-refractivity contribution in [3.8, 4) is 5.75 Å². The molecule has 0 fully saturated rings. The molecule has 0 aliphatic rings. The monoisotopic (exact) mass is 190 g/mol. The Morgan fingerprint density at radius 1 is 1.50 bits per heavy atom. The molecule has 0 spiro atoms. The molecule has 0 heterocycles. The Bertz CT molecular complexity index is 338. The maximum absolute atomic E-state index is 12.5. The van der Waals surface area contributed by atoms with Crippen LogP contribution in [0.5, 0.6) is 5.75 Å². The second kappa shape index (κ2) is 2.98. The first-order valence-corrected chi connectivity index (χ1v) is 3.31. The van der Waals surface area contributed by atoms with Crippen molar-refractivity contribution in [3.05, 3.63) is 28.5 Å². The van der Waals surface area contributed by atoms with Crippen molar-refractivity contribution in [2.24, 2.45) is 0 Å². The van der Waals surface area contributed by atoms with Crippen LogP contribution in [0.4, 0.5) is 4.39 Å². The fourth-order valence-electron chi connectivity index (χ4n) is 0.708. The summed E-state index contributed by atoms with van der Waals surface area (Å²) in [6.45, 7) is 0. The molecular weight excluding hydrogens is 187 g/mol. The normalized spacial score (nSPS) is 9.83. The molecule has 0 unspecified atom stereocenters. The average molecular weight is 191 g/mol. The topological polar surface area (TPSA) is 57.5 Å². The highest BCUT2D eigenvalue weighted by Crippen LogP contribution is 2.24. The van der Waals surface area contributed by atoms with Crippen LogP contribution in [0.2, 0.25) is 5.02 Å². The van der Waals surface area contributed by atoms with Gasteiger partial charge >= 0.3 is 5.97 Å². The number of carboxylic acid groups (broad SMARTS) is 1. The Morgan fingerprint density at radius 3 is 2.58 bits per heavy atom. The van der Waals surface area contributed by atoms with Crippen molar-refractivity contribution >= 4 is 17.6 Å². The van der Waals surface area contributed by atoms with Crippen LogP contribution < -0.4 is 0 Å². The quantitative estimate of drug-likeness (QED) is 0.711. The van der Waals surface area contributed by atoms with E-state index in [-0.39, 0.29) is 5.02 Å². The van der Waals surface area contributed by atoms with Gasteiger partial charge in [0.1, 0.15) is 17.1 Å². The molecule has 0 radical (unpaired) electrons. The van der Waals surface area contributed by atoms with Crippen molar-refractivity contribution in [3.63, 3.8) is 0 Å². The third kappa shape index (κ3) is 1.48. The van der Waals surface area contributed by atoms with Gasteiger partial charge in [0.2, 0.25) is 0 Å². The van der Waals surface area contributed by atoms with E-state index in [2.05, 4.69) is 0 Å². The molecule has 0 aromatic heterocycles. The van der Waals surface area contributed by atoms with E-state index in [0.717, 1.165) is 6.07 Å². The van der Waals surface area contributed by atoms with Crippen LogP contribution in [0.1, 0.15) is 10.4 Å². The summed E-state index contributed by atoms with van der Waals surface area (Å²) in [7, 11) is 0. The summed E-state index contributed by atoms with van der Waals surface area (Å²) in [5.74, 6) is -2.84. The fourth-order valence-corrected chi connectivity index (χ4v) is 0.871. The van der Waals surface area contributed by atoms with Crippen LogP contribution in [-0.2, 0) is 0 Å². The second-order valence-corrected chi connectivity index (χ2v) is 2.50. The molecule has 0 bridgehead atoms. The van der Waals surface area contributed by atoms with Crippen molar-refractivity contribution in [1.82, 2.24) is 0 Å². The number of aromatic hydroxyl groups is 1. The number of carbonyl (C=O) groups is 1. The zero-order valence-corrected chi connectivity index (χ0v) is 6.47. The summed E-state index contributed by atoms with van der Waals surface area (Å²) < 4.78 is 12.5. The van der Waals surface area contributed by atoms with Gasteiger partial charge in [0.15, 0.2) is 0 Å². The molecule has 2 N–H and O–H groups in total. The summed E-state index contributed by atoms with van der Waals surface area (Å²) in [6.07, 6.45) is 0. The van der Waals surface area contributed by atoms with Gasteiger partial charge in [-0.15, -0.1) is 0 Å². The molecule has 0 saturated carbocycles. The van der Waals surface area contributed by atoms with Gasteiger partial charge in [-0.05, 0) is 6.07 Å². The molecule has 1 aromatic rings. The maximum atomic E-state index is 12.5. The van der Waals surface area contributed by atoms with Gasteiger partial charge in [-0.2, -0.15) is 0 Å². The zero-order chi connectivity index (χ0) is 9.30. The van der Waals surface area contributed by atoms with E-state index in [0.29, 0.717) is 6.07 Å². The van der Waals surface area contributed by atoms with E-state index in [1.807, 2.05) is 0 Å². The molecule has 1 rings (SSSR count). The van der Waals surface area contributed by atoms with Crippen LogP contribution in [-0.4, -0.2) is 16.2 Å². The molecular formula is C7H4ClFO3. The first-order chi connectivity index (χ1) is 5.52.